The Bertz CT molecular complexity index is 988. The van der Waals surface area contributed by atoms with Crippen molar-refractivity contribution in [2.75, 3.05) is 45.8 Å². The standard InChI is InChI=1S/C19H23N5O5/c1-11-8-15(25)24-17(12-9-13(27-2)16(26)14(10-12)28-3)21-18(22-19(24)20-11)23-4-6-29-7-5-23/h8-10,17,26H,4-7H2,1-3H3,(H,20,21,22). The molecule has 1 fully saturated rings. The van der Waals surface area contributed by atoms with Crippen molar-refractivity contribution in [2.24, 2.45) is 4.99 Å². The molecule has 29 heavy (non-hydrogen) atoms. The van der Waals surface area contributed by atoms with Crippen molar-refractivity contribution in [1.29, 1.82) is 0 Å². The summed E-state index contributed by atoms with van der Waals surface area (Å²) in [5.41, 5.74) is 0.996. The fourth-order valence-corrected chi connectivity index (χ4v) is 3.46. The molecule has 2 aliphatic heterocycles. The quantitative estimate of drug-likeness (QED) is 0.782. The van der Waals surface area contributed by atoms with Crippen LogP contribution in [0.4, 0.5) is 5.95 Å². The van der Waals surface area contributed by atoms with Crippen molar-refractivity contribution < 1.29 is 19.3 Å². The van der Waals surface area contributed by atoms with E-state index in [1.165, 1.54) is 24.9 Å². The smallest absolute Gasteiger partial charge is 0.257 e. The van der Waals surface area contributed by atoms with Gasteiger partial charge in [0, 0.05) is 30.4 Å². The Morgan fingerprint density at radius 1 is 1.17 bits per heavy atom. The largest absolute Gasteiger partial charge is 0.502 e. The maximum atomic E-state index is 12.8. The molecule has 0 radical (unpaired) electrons. The molecule has 1 unspecified atom stereocenters. The summed E-state index contributed by atoms with van der Waals surface area (Å²) >= 11 is 0. The molecule has 0 bridgehead atoms. The first-order valence-electron chi connectivity index (χ1n) is 9.24. The Balaban J connectivity index is 1.88. The zero-order valence-corrected chi connectivity index (χ0v) is 16.5. The van der Waals surface area contributed by atoms with E-state index in [1.54, 1.807) is 19.1 Å². The average molecular weight is 401 g/mol. The Hall–Kier alpha value is -3.27. The lowest BCUT2D eigenvalue weighted by Gasteiger charge is -2.34. The van der Waals surface area contributed by atoms with Crippen molar-refractivity contribution in [1.82, 2.24) is 14.5 Å². The van der Waals surface area contributed by atoms with Gasteiger partial charge >= 0.3 is 0 Å². The van der Waals surface area contributed by atoms with Crippen LogP contribution in [0.15, 0.2) is 28.0 Å². The number of guanidine groups is 1. The number of morpholine rings is 1. The van der Waals surface area contributed by atoms with Crippen molar-refractivity contribution in [3.05, 3.63) is 39.8 Å². The van der Waals surface area contributed by atoms with E-state index in [-0.39, 0.29) is 22.8 Å². The summed E-state index contributed by atoms with van der Waals surface area (Å²) in [6.07, 6.45) is -0.701. The van der Waals surface area contributed by atoms with Crippen molar-refractivity contribution in [3.63, 3.8) is 0 Å². The van der Waals surface area contributed by atoms with Crippen LogP contribution in [-0.2, 0) is 4.74 Å². The number of nitrogens with one attached hydrogen (secondary N) is 1. The first-order chi connectivity index (χ1) is 14.0. The highest BCUT2D eigenvalue weighted by molar-refractivity contribution is 5.93. The molecule has 0 saturated carbocycles. The lowest BCUT2D eigenvalue weighted by Crippen LogP contribution is -2.47. The van der Waals surface area contributed by atoms with E-state index in [0.717, 1.165) is 0 Å². The van der Waals surface area contributed by atoms with Gasteiger partial charge < -0.3 is 24.2 Å². The number of aryl methyl sites for hydroxylation is 1. The number of benzene rings is 1. The molecule has 4 rings (SSSR count). The molecule has 0 aliphatic carbocycles. The molecule has 1 aromatic carbocycles. The molecule has 1 aromatic heterocycles. The number of hydrogen-bond acceptors (Lipinski definition) is 9. The predicted octanol–water partition coefficient (Wildman–Crippen LogP) is 0.935. The Morgan fingerprint density at radius 3 is 2.45 bits per heavy atom. The highest BCUT2D eigenvalue weighted by atomic mass is 16.5. The van der Waals surface area contributed by atoms with Gasteiger partial charge in [-0.25, -0.2) is 9.98 Å². The normalized spacial score (nSPS) is 18.5. The van der Waals surface area contributed by atoms with Gasteiger partial charge in [-0.3, -0.25) is 14.7 Å². The number of aromatic hydroxyl groups is 1. The van der Waals surface area contributed by atoms with Gasteiger partial charge in [0.05, 0.1) is 27.4 Å². The first kappa shape index (κ1) is 19.1. The lowest BCUT2D eigenvalue weighted by atomic mass is 10.1. The minimum atomic E-state index is -0.701. The van der Waals surface area contributed by atoms with E-state index in [9.17, 15) is 9.90 Å². The van der Waals surface area contributed by atoms with Crippen LogP contribution in [0.2, 0.25) is 0 Å². The van der Waals surface area contributed by atoms with E-state index in [4.69, 9.17) is 19.2 Å². The van der Waals surface area contributed by atoms with Crippen LogP contribution in [0, 0.1) is 6.92 Å². The maximum Gasteiger partial charge on any atom is 0.257 e. The molecule has 1 atom stereocenters. The molecule has 0 amide bonds. The lowest BCUT2D eigenvalue weighted by molar-refractivity contribution is 0.0675. The molecule has 10 heteroatoms. The Kier molecular flexibility index (Phi) is 5.01. The zero-order valence-electron chi connectivity index (χ0n) is 16.5. The van der Waals surface area contributed by atoms with Gasteiger partial charge in [0.15, 0.2) is 17.7 Å². The van der Waals surface area contributed by atoms with Gasteiger partial charge in [-0.2, -0.15) is 0 Å². The summed E-state index contributed by atoms with van der Waals surface area (Å²) in [6, 6.07) is 4.75. The molecular formula is C19H23N5O5. The predicted molar refractivity (Wildman–Crippen MR) is 106 cm³/mol. The highest BCUT2D eigenvalue weighted by Gasteiger charge is 2.29. The summed E-state index contributed by atoms with van der Waals surface area (Å²) in [7, 11) is 2.91. The fraction of sp³-hybridized carbons (Fsp3) is 0.421. The number of hydrogen-bond donors (Lipinski definition) is 2. The van der Waals surface area contributed by atoms with E-state index >= 15 is 0 Å². The van der Waals surface area contributed by atoms with Crippen molar-refractivity contribution in [3.8, 4) is 17.2 Å². The molecule has 2 aromatic rings. The molecule has 2 aliphatic rings. The Morgan fingerprint density at radius 2 is 1.83 bits per heavy atom. The number of nitrogens with zero attached hydrogens (tertiary/aromatic N) is 4. The number of phenols is 1. The summed E-state index contributed by atoms with van der Waals surface area (Å²) in [6.45, 7) is 4.32. The van der Waals surface area contributed by atoms with Crippen molar-refractivity contribution in [2.45, 2.75) is 13.1 Å². The van der Waals surface area contributed by atoms with Crippen LogP contribution < -0.4 is 20.3 Å². The number of anilines is 1. The van der Waals surface area contributed by atoms with Gasteiger partial charge in [-0.1, -0.05) is 0 Å². The zero-order chi connectivity index (χ0) is 20.5. The molecule has 154 valence electrons. The number of rotatable bonds is 3. The molecule has 3 heterocycles. The Labute approximate surface area is 167 Å². The molecule has 1 saturated heterocycles. The van der Waals surface area contributed by atoms with Gasteiger partial charge in [0.2, 0.25) is 17.7 Å². The summed E-state index contributed by atoms with van der Waals surface area (Å²) in [5.74, 6) is 1.37. The number of phenolic OH excluding ortho intramolecular Hbond substituents is 1. The van der Waals surface area contributed by atoms with Crippen LogP contribution >= 0.6 is 0 Å². The summed E-state index contributed by atoms with van der Waals surface area (Å²) in [5, 5.41) is 13.4. The molecule has 2 N–H and O–H groups in total. The van der Waals surface area contributed by atoms with Crippen LogP contribution in [0.5, 0.6) is 17.2 Å². The number of aromatic nitrogens is 2. The second-order valence-corrected chi connectivity index (χ2v) is 6.75. The summed E-state index contributed by atoms with van der Waals surface area (Å²) in [4.78, 5) is 24.1. The highest BCUT2D eigenvalue weighted by Crippen LogP contribution is 2.40. The maximum absolute atomic E-state index is 12.8. The number of ether oxygens (including phenoxy) is 3. The first-order valence-corrected chi connectivity index (χ1v) is 9.24. The minimum absolute atomic E-state index is 0.111. The third kappa shape index (κ3) is 3.46. The van der Waals surface area contributed by atoms with Gasteiger partial charge in [-0.05, 0) is 19.1 Å². The summed E-state index contributed by atoms with van der Waals surface area (Å²) < 4.78 is 17.5. The average Bonchev–Trinajstić information content (AvgIpc) is 2.73. The SMILES string of the molecule is COc1cc(C2N=C(N3CCOCC3)Nc3nc(C)cc(=O)n32)cc(OC)c1O. The van der Waals surface area contributed by atoms with E-state index in [2.05, 4.69) is 15.2 Å². The second-order valence-electron chi connectivity index (χ2n) is 6.75. The van der Waals surface area contributed by atoms with Crippen LogP contribution in [0.3, 0.4) is 0 Å². The molecule has 0 spiro atoms. The fourth-order valence-electron chi connectivity index (χ4n) is 3.46. The topological polar surface area (TPSA) is 110 Å². The second kappa shape index (κ2) is 7.63. The van der Waals surface area contributed by atoms with E-state index < -0.39 is 6.17 Å². The van der Waals surface area contributed by atoms with Crippen LogP contribution in [0.1, 0.15) is 17.4 Å². The van der Waals surface area contributed by atoms with Crippen molar-refractivity contribution >= 4 is 11.9 Å². The van der Waals surface area contributed by atoms with Crippen LogP contribution in [0.25, 0.3) is 0 Å². The van der Waals surface area contributed by atoms with Crippen LogP contribution in [-0.4, -0.2) is 66.0 Å². The third-order valence-corrected chi connectivity index (χ3v) is 4.90. The molecule has 10 nitrogen and oxygen atoms in total. The van der Waals surface area contributed by atoms with Gasteiger partial charge in [-0.15, -0.1) is 0 Å². The van der Waals surface area contributed by atoms with Gasteiger partial charge in [0.25, 0.3) is 5.56 Å². The number of aliphatic imine (C=N–C) groups is 1. The van der Waals surface area contributed by atoms with Gasteiger partial charge in [0.1, 0.15) is 0 Å². The third-order valence-electron chi connectivity index (χ3n) is 4.90. The number of fused-ring (bicyclic) bond motifs is 1. The number of methoxy groups -OCH3 is 2. The minimum Gasteiger partial charge on any atom is -0.502 e. The van der Waals surface area contributed by atoms with E-state index in [0.29, 0.717) is 49.5 Å². The van der Waals surface area contributed by atoms with E-state index in [1.807, 2.05) is 0 Å². The molecular weight excluding hydrogens is 378 g/mol. The monoisotopic (exact) mass is 401 g/mol.